The van der Waals surface area contributed by atoms with Crippen molar-refractivity contribution < 1.29 is 39.5 Å². The van der Waals surface area contributed by atoms with E-state index < -0.39 is 22.2 Å². The van der Waals surface area contributed by atoms with Crippen molar-refractivity contribution in [1.82, 2.24) is 4.57 Å². The largest absolute Gasteiger partial charge is 0.741 e. The van der Waals surface area contributed by atoms with E-state index in [1.165, 1.54) is 12.5 Å². The van der Waals surface area contributed by atoms with Crippen LogP contribution >= 0.6 is 0 Å². The summed E-state index contributed by atoms with van der Waals surface area (Å²) in [6, 6.07) is 0. The summed E-state index contributed by atoms with van der Waals surface area (Å²) in [5.41, 5.74) is -5.65. The molecule has 5 nitrogen and oxygen atoms in total. The third kappa shape index (κ3) is 5.58. The average molecular weight is 282 g/mol. The van der Waals surface area contributed by atoms with E-state index >= 15 is 0 Å². The molecular weight excluding hydrogens is 275 g/mol. The number of rotatable bonds is 1. The van der Waals surface area contributed by atoms with Crippen LogP contribution in [0.5, 0.6) is 0 Å². The van der Waals surface area contributed by atoms with Crippen molar-refractivity contribution in [3.63, 3.8) is 0 Å². The fourth-order valence-corrected chi connectivity index (χ4v) is 0.585. The maximum Gasteiger partial charge on any atom is 0.485 e. The number of imidazole rings is 1. The molecule has 1 rings (SSSR count). The summed E-state index contributed by atoms with van der Waals surface area (Å²) in [5, 5.41) is 0. The molecule has 0 bridgehead atoms. The van der Waals surface area contributed by atoms with Crippen molar-refractivity contribution in [1.29, 1.82) is 0 Å². The lowest BCUT2D eigenvalue weighted by Crippen LogP contribution is -2.23. The molecule has 0 aliphatic carbocycles. The number of halogens is 5. The summed E-state index contributed by atoms with van der Waals surface area (Å²) in [6.45, 7) is -2.42. The number of alkyl halides is 5. The van der Waals surface area contributed by atoms with E-state index in [2.05, 4.69) is 0 Å². The number of nitrogens with zero attached hydrogens (tertiary/aromatic N) is 2. The van der Waals surface area contributed by atoms with Gasteiger partial charge in [0.15, 0.2) is 10.1 Å². The number of hydrogen-bond acceptors (Lipinski definition) is 3. The molecule has 0 unspecified atom stereocenters. The summed E-state index contributed by atoms with van der Waals surface area (Å²) < 4.78 is 84.8. The average Bonchev–Trinajstić information content (AvgIpc) is 2.49. The van der Waals surface area contributed by atoms with E-state index in [9.17, 15) is 22.0 Å². The van der Waals surface area contributed by atoms with Gasteiger partial charge in [0.2, 0.25) is 6.33 Å². The molecule has 0 atom stereocenters. The van der Waals surface area contributed by atoms with E-state index in [0.717, 1.165) is 4.57 Å². The van der Waals surface area contributed by atoms with Crippen LogP contribution in [-0.2, 0) is 17.2 Å². The fraction of sp³-hybridized carbons (Fsp3) is 0.500. The number of aryl methyl sites for hydroxylation is 1. The molecule has 0 amide bonds. The number of aromatic nitrogens is 2. The Hall–Kier alpha value is -1.23. The molecule has 0 spiro atoms. The quantitative estimate of drug-likeness (QED) is 0.330. The van der Waals surface area contributed by atoms with Crippen LogP contribution < -0.4 is 4.57 Å². The monoisotopic (exact) mass is 282 g/mol. The molecule has 1 aromatic heterocycles. The van der Waals surface area contributed by atoms with Gasteiger partial charge in [0.1, 0.15) is 12.4 Å². The van der Waals surface area contributed by atoms with Gasteiger partial charge in [-0.05, 0) is 0 Å². The van der Waals surface area contributed by atoms with Crippen LogP contribution in [0.1, 0.15) is 6.55 Å². The third-order valence-electron chi connectivity index (χ3n) is 1.30. The van der Waals surface area contributed by atoms with Gasteiger partial charge in [0, 0.05) is 0 Å². The molecule has 0 aliphatic heterocycles. The van der Waals surface area contributed by atoms with Crippen LogP contribution in [-0.4, -0.2) is 23.0 Å². The highest BCUT2D eigenvalue weighted by Crippen LogP contribution is 2.20. The van der Waals surface area contributed by atoms with Gasteiger partial charge in [-0.15, -0.1) is 0 Å². The zero-order chi connectivity index (χ0) is 13.9. The van der Waals surface area contributed by atoms with Crippen molar-refractivity contribution in [3.8, 4) is 0 Å². The predicted octanol–water partition coefficient (Wildman–Crippen LogP) is 0.759. The lowest BCUT2D eigenvalue weighted by Gasteiger charge is -2.08. The molecule has 1 heterocycles. The summed E-state index contributed by atoms with van der Waals surface area (Å²) in [6.07, 6.45) is 4.21. The summed E-state index contributed by atoms with van der Waals surface area (Å²) in [5.74, 6) is 0. The standard InChI is InChI=1S/C5H7F2N2.CHF3O3S/c1-8-2-3-9(4-8)5(6)7;2-1(3,4)8(5,6)7/h2-5H,1H3;(H,5,6,7)/q+1;/p-1. The zero-order valence-electron chi connectivity index (χ0n) is 8.23. The minimum absolute atomic E-state index is 0.833. The second-order valence-electron chi connectivity index (χ2n) is 2.70. The van der Waals surface area contributed by atoms with Crippen molar-refractivity contribution >= 4 is 10.1 Å². The summed E-state index contributed by atoms with van der Waals surface area (Å²) in [4.78, 5) is 0. The van der Waals surface area contributed by atoms with Crippen LogP contribution in [0, 0.1) is 0 Å². The van der Waals surface area contributed by atoms with Gasteiger partial charge in [-0.3, -0.25) is 0 Å². The Kier molecular flexibility index (Phi) is 5.01. The van der Waals surface area contributed by atoms with Gasteiger partial charge in [-0.2, -0.15) is 26.5 Å². The highest BCUT2D eigenvalue weighted by molar-refractivity contribution is 7.86. The number of hydrogen-bond donors (Lipinski definition) is 0. The minimum Gasteiger partial charge on any atom is -0.741 e. The molecule has 0 saturated carbocycles. The first-order chi connectivity index (χ1) is 7.45. The fourth-order valence-electron chi connectivity index (χ4n) is 0.585. The first-order valence-electron chi connectivity index (χ1n) is 3.78. The van der Waals surface area contributed by atoms with E-state index in [1.54, 1.807) is 17.8 Å². The SMILES string of the molecule is C[n+]1ccn(C(F)F)c1.O=S(=O)([O-])C(F)(F)F. The van der Waals surface area contributed by atoms with Crippen molar-refractivity contribution in [2.24, 2.45) is 7.05 Å². The minimum atomic E-state index is -6.09. The van der Waals surface area contributed by atoms with Crippen molar-refractivity contribution in [2.75, 3.05) is 0 Å². The first-order valence-corrected chi connectivity index (χ1v) is 5.19. The first kappa shape index (κ1) is 15.8. The van der Waals surface area contributed by atoms with Gasteiger partial charge >= 0.3 is 12.1 Å². The van der Waals surface area contributed by atoms with Gasteiger partial charge in [0.25, 0.3) is 0 Å². The Balaban J connectivity index is 0.000000304. The van der Waals surface area contributed by atoms with Gasteiger partial charge in [0.05, 0.1) is 7.05 Å². The predicted molar refractivity (Wildman–Crippen MR) is 42.6 cm³/mol. The summed E-state index contributed by atoms with van der Waals surface area (Å²) >= 11 is 0. The lowest BCUT2D eigenvalue weighted by molar-refractivity contribution is -0.671. The van der Waals surface area contributed by atoms with E-state index in [0.29, 0.717) is 0 Å². The zero-order valence-corrected chi connectivity index (χ0v) is 9.04. The van der Waals surface area contributed by atoms with Crippen LogP contribution in [0.15, 0.2) is 18.7 Å². The normalized spacial score (nSPS) is 12.2. The highest BCUT2D eigenvalue weighted by Gasteiger charge is 2.36. The van der Waals surface area contributed by atoms with Gasteiger partial charge < -0.3 is 4.55 Å². The second kappa shape index (κ2) is 5.40. The Labute approximate surface area is 92.8 Å². The Morgan fingerprint density at radius 2 is 1.76 bits per heavy atom. The van der Waals surface area contributed by atoms with E-state index in [4.69, 9.17) is 13.0 Å². The summed E-state index contributed by atoms with van der Waals surface area (Å²) in [7, 11) is -4.40. The maximum atomic E-state index is 11.7. The van der Waals surface area contributed by atoms with Gasteiger partial charge in [-0.25, -0.2) is 13.0 Å². The van der Waals surface area contributed by atoms with Crippen LogP contribution in [0.3, 0.4) is 0 Å². The van der Waals surface area contributed by atoms with Crippen LogP contribution in [0.2, 0.25) is 0 Å². The lowest BCUT2D eigenvalue weighted by atomic mass is 10.9. The Bertz CT molecular complexity index is 452. The molecule has 0 radical (unpaired) electrons. The maximum absolute atomic E-state index is 11.7. The third-order valence-corrected chi connectivity index (χ3v) is 1.87. The molecular formula is C6H7F5N2O3S. The Morgan fingerprint density at radius 1 is 1.35 bits per heavy atom. The van der Waals surface area contributed by atoms with Gasteiger partial charge in [-0.1, -0.05) is 0 Å². The van der Waals surface area contributed by atoms with Crippen molar-refractivity contribution in [2.45, 2.75) is 12.1 Å². The van der Waals surface area contributed by atoms with Crippen molar-refractivity contribution in [3.05, 3.63) is 18.7 Å². The molecule has 11 heteroatoms. The van der Waals surface area contributed by atoms with Crippen LogP contribution in [0.25, 0.3) is 0 Å². The molecule has 0 saturated heterocycles. The van der Waals surface area contributed by atoms with Crippen LogP contribution in [0.4, 0.5) is 22.0 Å². The smallest absolute Gasteiger partial charge is 0.485 e. The molecule has 0 fully saturated rings. The van der Waals surface area contributed by atoms with E-state index in [-0.39, 0.29) is 0 Å². The molecule has 0 N–H and O–H groups in total. The molecule has 0 aliphatic rings. The molecule has 17 heavy (non-hydrogen) atoms. The van der Waals surface area contributed by atoms with E-state index in [1.807, 2.05) is 0 Å². The highest BCUT2D eigenvalue weighted by atomic mass is 32.2. The topological polar surface area (TPSA) is 66.0 Å². The molecule has 1 aromatic rings. The molecule has 0 aromatic carbocycles. The molecule has 100 valence electrons. The second-order valence-corrected chi connectivity index (χ2v) is 4.07. The Morgan fingerprint density at radius 3 is 1.88 bits per heavy atom.